The first-order valence-electron chi connectivity index (χ1n) is 7.79. The number of nitrogens with zero attached hydrogens (tertiary/aromatic N) is 1. The number of ether oxygens (including phenoxy) is 1. The van der Waals surface area contributed by atoms with Gasteiger partial charge in [0.1, 0.15) is 11.5 Å². The Morgan fingerprint density at radius 2 is 2.05 bits per heavy atom. The van der Waals surface area contributed by atoms with Crippen molar-refractivity contribution < 1.29 is 13.9 Å². The highest BCUT2D eigenvalue weighted by molar-refractivity contribution is 5.69. The molecule has 1 saturated heterocycles. The van der Waals surface area contributed by atoms with Crippen LogP contribution in [0.3, 0.4) is 0 Å². The number of hydrogen-bond acceptors (Lipinski definition) is 4. The van der Waals surface area contributed by atoms with Crippen molar-refractivity contribution in [3.63, 3.8) is 0 Å². The molecule has 1 aromatic heterocycles. The first kappa shape index (κ1) is 14.7. The number of furan rings is 1. The highest BCUT2D eigenvalue weighted by Crippen LogP contribution is 2.41. The third kappa shape index (κ3) is 2.86. The predicted octanol–water partition coefficient (Wildman–Crippen LogP) is 4.33. The Morgan fingerprint density at radius 1 is 1.27 bits per heavy atom. The van der Waals surface area contributed by atoms with E-state index in [0.29, 0.717) is 11.8 Å². The second-order valence-electron chi connectivity index (χ2n) is 5.67. The lowest BCUT2D eigenvalue weighted by atomic mass is 10.1. The van der Waals surface area contributed by atoms with E-state index in [-0.39, 0.29) is 12.0 Å². The number of esters is 1. The maximum absolute atomic E-state index is 11.0. The Morgan fingerprint density at radius 3 is 2.64 bits per heavy atom. The van der Waals surface area contributed by atoms with Crippen molar-refractivity contribution >= 4 is 11.7 Å². The molecule has 2 heterocycles. The van der Waals surface area contributed by atoms with Gasteiger partial charge < -0.3 is 14.1 Å². The smallest absolute Gasteiger partial charge is 0.308 e. The van der Waals surface area contributed by atoms with Crippen LogP contribution >= 0.6 is 0 Å². The van der Waals surface area contributed by atoms with E-state index in [1.807, 2.05) is 36.4 Å². The Kier molecular flexibility index (Phi) is 4.18. The molecule has 1 aliphatic rings. The van der Waals surface area contributed by atoms with E-state index in [1.54, 1.807) is 6.26 Å². The van der Waals surface area contributed by atoms with E-state index < -0.39 is 0 Å². The van der Waals surface area contributed by atoms with E-state index in [4.69, 9.17) is 9.15 Å². The van der Waals surface area contributed by atoms with Gasteiger partial charge in [-0.3, -0.25) is 4.79 Å². The topological polar surface area (TPSA) is 42.7 Å². The summed E-state index contributed by atoms with van der Waals surface area (Å²) in [6.07, 6.45) is 5.09. The van der Waals surface area contributed by atoms with E-state index in [0.717, 1.165) is 30.7 Å². The van der Waals surface area contributed by atoms with E-state index >= 15 is 0 Å². The molecule has 1 aliphatic heterocycles. The number of hydrogen-bond donors (Lipinski definition) is 0. The predicted molar refractivity (Wildman–Crippen MR) is 85.0 cm³/mol. The monoisotopic (exact) mass is 299 g/mol. The number of anilines is 1. The zero-order chi connectivity index (χ0) is 15.5. The van der Waals surface area contributed by atoms with Gasteiger partial charge in [0.05, 0.1) is 12.3 Å². The van der Waals surface area contributed by atoms with Crippen LogP contribution in [0.4, 0.5) is 5.69 Å². The maximum Gasteiger partial charge on any atom is 0.308 e. The molecule has 0 saturated carbocycles. The SMILES string of the molecule is CCC1CCC(c2ccco2)N1c1ccc(OC(C)=O)cc1. The van der Waals surface area contributed by atoms with Crippen LogP contribution in [0.5, 0.6) is 5.75 Å². The lowest BCUT2D eigenvalue weighted by Gasteiger charge is -2.31. The van der Waals surface area contributed by atoms with Crippen molar-refractivity contribution in [1.29, 1.82) is 0 Å². The Bertz CT molecular complexity index is 618. The summed E-state index contributed by atoms with van der Waals surface area (Å²) in [5, 5.41) is 0. The van der Waals surface area contributed by atoms with Gasteiger partial charge in [0.15, 0.2) is 0 Å². The van der Waals surface area contributed by atoms with Gasteiger partial charge in [-0.1, -0.05) is 6.92 Å². The van der Waals surface area contributed by atoms with Crippen molar-refractivity contribution in [1.82, 2.24) is 0 Å². The molecule has 3 rings (SSSR count). The average Bonchev–Trinajstić information content (AvgIpc) is 3.16. The molecule has 0 spiro atoms. The molecule has 4 nitrogen and oxygen atoms in total. The van der Waals surface area contributed by atoms with Crippen LogP contribution < -0.4 is 9.64 Å². The molecular weight excluding hydrogens is 278 g/mol. The molecular formula is C18H21NO3. The fourth-order valence-electron chi connectivity index (χ4n) is 3.29. The number of carbonyl (C=O) groups is 1. The lowest BCUT2D eigenvalue weighted by Crippen LogP contribution is -2.30. The van der Waals surface area contributed by atoms with E-state index in [2.05, 4.69) is 11.8 Å². The zero-order valence-corrected chi connectivity index (χ0v) is 13.0. The van der Waals surface area contributed by atoms with E-state index in [9.17, 15) is 4.79 Å². The normalized spacial score (nSPS) is 21.1. The van der Waals surface area contributed by atoms with Crippen molar-refractivity contribution in [2.75, 3.05) is 4.90 Å². The van der Waals surface area contributed by atoms with Gasteiger partial charge in [0, 0.05) is 18.7 Å². The summed E-state index contributed by atoms with van der Waals surface area (Å²) in [5.74, 6) is 1.30. The quantitative estimate of drug-likeness (QED) is 0.622. The highest BCUT2D eigenvalue weighted by Gasteiger charge is 2.34. The molecule has 22 heavy (non-hydrogen) atoms. The zero-order valence-electron chi connectivity index (χ0n) is 13.0. The fourth-order valence-corrected chi connectivity index (χ4v) is 3.29. The molecule has 0 N–H and O–H groups in total. The van der Waals surface area contributed by atoms with Gasteiger partial charge in [-0.2, -0.15) is 0 Å². The van der Waals surface area contributed by atoms with Gasteiger partial charge in [0.2, 0.25) is 0 Å². The van der Waals surface area contributed by atoms with Crippen molar-refractivity contribution in [3.8, 4) is 5.75 Å². The molecule has 0 amide bonds. The third-order valence-corrected chi connectivity index (χ3v) is 4.24. The van der Waals surface area contributed by atoms with Crippen LogP contribution in [-0.4, -0.2) is 12.0 Å². The largest absolute Gasteiger partial charge is 0.467 e. The number of carbonyl (C=O) groups excluding carboxylic acids is 1. The number of rotatable bonds is 4. The van der Waals surface area contributed by atoms with Crippen molar-refractivity contribution in [2.24, 2.45) is 0 Å². The average molecular weight is 299 g/mol. The maximum atomic E-state index is 11.0. The summed E-state index contributed by atoms with van der Waals surface area (Å²) in [7, 11) is 0. The molecule has 116 valence electrons. The Labute approximate surface area is 130 Å². The molecule has 2 atom stereocenters. The first-order chi connectivity index (χ1) is 10.7. The third-order valence-electron chi connectivity index (χ3n) is 4.24. The minimum absolute atomic E-state index is 0.277. The summed E-state index contributed by atoms with van der Waals surface area (Å²) >= 11 is 0. The van der Waals surface area contributed by atoms with Crippen LogP contribution in [0.15, 0.2) is 47.1 Å². The molecule has 4 heteroatoms. The summed E-state index contributed by atoms with van der Waals surface area (Å²) in [5.41, 5.74) is 1.14. The molecule has 0 bridgehead atoms. The van der Waals surface area contributed by atoms with Crippen LogP contribution in [-0.2, 0) is 4.79 Å². The van der Waals surface area contributed by atoms with Crippen LogP contribution in [0.25, 0.3) is 0 Å². The van der Waals surface area contributed by atoms with Gasteiger partial charge in [-0.15, -0.1) is 0 Å². The molecule has 1 aromatic carbocycles. The van der Waals surface area contributed by atoms with Gasteiger partial charge in [0.25, 0.3) is 0 Å². The second-order valence-corrected chi connectivity index (χ2v) is 5.67. The molecule has 0 radical (unpaired) electrons. The van der Waals surface area contributed by atoms with Crippen molar-refractivity contribution in [2.45, 2.75) is 45.2 Å². The second kappa shape index (κ2) is 6.26. The Hall–Kier alpha value is -2.23. The fraction of sp³-hybridized carbons (Fsp3) is 0.389. The summed E-state index contributed by atoms with van der Waals surface area (Å²) < 4.78 is 10.7. The molecule has 1 fully saturated rings. The number of benzene rings is 1. The van der Waals surface area contributed by atoms with Crippen LogP contribution in [0.1, 0.15) is 44.9 Å². The molecule has 0 aliphatic carbocycles. The van der Waals surface area contributed by atoms with Gasteiger partial charge >= 0.3 is 5.97 Å². The minimum atomic E-state index is -0.297. The standard InChI is InChI=1S/C18H21NO3/c1-3-14-8-11-17(18-5-4-12-21-18)19(14)15-6-9-16(10-7-15)22-13(2)20/h4-7,9-10,12,14,17H,3,8,11H2,1-2H3. The van der Waals surface area contributed by atoms with E-state index in [1.165, 1.54) is 6.92 Å². The van der Waals surface area contributed by atoms with Gasteiger partial charge in [-0.25, -0.2) is 0 Å². The highest BCUT2D eigenvalue weighted by atomic mass is 16.5. The van der Waals surface area contributed by atoms with Gasteiger partial charge in [-0.05, 0) is 55.7 Å². The van der Waals surface area contributed by atoms with Crippen molar-refractivity contribution in [3.05, 3.63) is 48.4 Å². The van der Waals surface area contributed by atoms with Crippen LogP contribution in [0.2, 0.25) is 0 Å². The van der Waals surface area contributed by atoms with Crippen LogP contribution in [0, 0.1) is 0 Å². The summed E-state index contributed by atoms with van der Waals surface area (Å²) in [6, 6.07) is 12.5. The summed E-state index contributed by atoms with van der Waals surface area (Å²) in [4.78, 5) is 13.4. The Balaban J connectivity index is 1.87. The summed E-state index contributed by atoms with van der Waals surface area (Å²) in [6.45, 7) is 3.63. The minimum Gasteiger partial charge on any atom is -0.467 e. The first-order valence-corrected chi connectivity index (χ1v) is 7.79. The molecule has 2 unspecified atom stereocenters. The molecule has 2 aromatic rings. The lowest BCUT2D eigenvalue weighted by molar-refractivity contribution is -0.131.